The van der Waals surface area contributed by atoms with E-state index in [1.54, 1.807) is 6.20 Å². The number of hydrogen-bond acceptors (Lipinski definition) is 7. The van der Waals surface area contributed by atoms with Crippen molar-refractivity contribution in [3.8, 4) is 0 Å². The minimum absolute atomic E-state index is 0.0315. The maximum atomic E-state index is 14.0. The summed E-state index contributed by atoms with van der Waals surface area (Å²) in [6, 6.07) is 15.3. The molecular formula is C35H41N7O6. The van der Waals surface area contributed by atoms with Gasteiger partial charge in [0.05, 0.1) is 12.1 Å². The highest BCUT2D eigenvalue weighted by atomic mass is 16.5. The second-order valence-electron chi connectivity index (χ2n) is 12.5. The minimum Gasteiger partial charge on any atom is -0.359 e. The highest BCUT2D eigenvalue weighted by Gasteiger charge is 2.30. The molecule has 1 aliphatic heterocycles. The van der Waals surface area contributed by atoms with Crippen molar-refractivity contribution in [3.63, 3.8) is 0 Å². The first-order valence-electron chi connectivity index (χ1n) is 16.0. The van der Waals surface area contributed by atoms with Gasteiger partial charge in [-0.3, -0.25) is 24.0 Å². The van der Waals surface area contributed by atoms with Crippen molar-refractivity contribution in [1.82, 2.24) is 35.9 Å². The smallest absolute Gasteiger partial charge is 0.274 e. The number of para-hydroxylation sites is 1. The molecule has 0 saturated carbocycles. The van der Waals surface area contributed by atoms with E-state index in [0.29, 0.717) is 12.0 Å². The summed E-state index contributed by atoms with van der Waals surface area (Å²) in [7, 11) is 1.86. The third kappa shape index (κ3) is 8.08. The van der Waals surface area contributed by atoms with E-state index in [2.05, 4.69) is 26.4 Å². The fraction of sp³-hybridized carbons (Fsp3) is 0.371. The first-order chi connectivity index (χ1) is 23.0. The van der Waals surface area contributed by atoms with E-state index in [0.717, 1.165) is 16.5 Å². The van der Waals surface area contributed by atoms with Crippen LogP contribution in [0.3, 0.4) is 0 Å². The number of rotatable bonds is 5. The van der Waals surface area contributed by atoms with Crippen LogP contribution in [0, 0.1) is 5.92 Å². The lowest BCUT2D eigenvalue weighted by Crippen LogP contribution is -2.57. The summed E-state index contributed by atoms with van der Waals surface area (Å²) >= 11 is 0. The van der Waals surface area contributed by atoms with Crippen LogP contribution in [0.4, 0.5) is 0 Å². The summed E-state index contributed by atoms with van der Waals surface area (Å²) in [6.45, 7) is 5.42. The molecule has 2 bridgehead atoms. The van der Waals surface area contributed by atoms with Gasteiger partial charge in [-0.1, -0.05) is 67.5 Å². The number of aromatic nitrogens is 2. The quantitative estimate of drug-likeness (QED) is 0.256. The third-order valence-electron chi connectivity index (χ3n) is 8.23. The fourth-order valence-electron chi connectivity index (χ4n) is 5.72. The highest BCUT2D eigenvalue weighted by Crippen LogP contribution is 2.23. The summed E-state index contributed by atoms with van der Waals surface area (Å²) < 4.78 is 7.31. The fourth-order valence-corrected chi connectivity index (χ4v) is 5.72. The molecule has 13 nitrogen and oxygen atoms in total. The molecule has 48 heavy (non-hydrogen) atoms. The maximum Gasteiger partial charge on any atom is 0.274 e. The van der Waals surface area contributed by atoms with E-state index in [4.69, 9.17) is 4.52 Å². The molecule has 2 aromatic heterocycles. The molecule has 4 aromatic rings. The van der Waals surface area contributed by atoms with Gasteiger partial charge in [0.1, 0.15) is 18.1 Å². The first kappa shape index (κ1) is 33.9. The SMILES string of the molecule is CC(C)C[C@H]1NC(=O)[C@@H](C)NC(=O)c2cc(on2)CN(C(=O)c2cn(C)c3ccccc23)CCNC(=O)[C@@H](Cc2ccccc2)NC1=O. The lowest BCUT2D eigenvalue weighted by Gasteiger charge is -2.26. The van der Waals surface area contributed by atoms with Gasteiger partial charge in [0.15, 0.2) is 11.5 Å². The van der Waals surface area contributed by atoms with Crippen LogP contribution in [0.1, 0.15) is 59.4 Å². The van der Waals surface area contributed by atoms with Crippen LogP contribution in [0.25, 0.3) is 10.9 Å². The van der Waals surface area contributed by atoms with Crippen LogP contribution in [0.15, 0.2) is 71.4 Å². The van der Waals surface area contributed by atoms with Gasteiger partial charge >= 0.3 is 0 Å². The zero-order valence-electron chi connectivity index (χ0n) is 27.5. The van der Waals surface area contributed by atoms with Crippen molar-refractivity contribution in [1.29, 1.82) is 0 Å². The number of hydrogen-bond donors (Lipinski definition) is 4. The van der Waals surface area contributed by atoms with E-state index in [-0.39, 0.29) is 49.3 Å². The summed E-state index contributed by atoms with van der Waals surface area (Å²) in [5.74, 6) is -2.24. The Labute approximate surface area is 278 Å². The van der Waals surface area contributed by atoms with Crippen molar-refractivity contribution in [2.75, 3.05) is 13.1 Å². The Morgan fingerprint density at radius 2 is 1.65 bits per heavy atom. The van der Waals surface area contributed by atoms with Gasteiger partial charge < -0.3 is 35.3 Å². The van der Waals surface area contributed by atoms with E-state index in [1.807, 2.05) is 80.1 Å². The molecule has 5 rings (SSSR count). The van der Waals surface area contributed by atoms with Crippen molar-refractivity contribution in [3.05, 3.63) is 89.4 Å². The Bertz CT molecular complexity index is 1800. The van der Waals surface area contributed by atoms with Crippen molar-refractivity contribution in [2.24, 2.45) is 13.0 Å². The van der Waals surface area contributed by atoms with Gasteiger partial charge in [-0.25, -0.2) is 0 Å². The van der Waals surface area contributed by atoms with Crippen molar-refractivity contribution in [2.45, 2.75) is 58.3 Å². The van der Waals surface area contributed by atoms with Crippen molar-refractivity contribution < 1.29 is 28.5 Å². The van der Waals surface area contributed by atoms with Crippen LogP contribution >= 0.6 is 0 Å². The lowest BCUT2D eigenvalue weighted by molar-refractivity contribution is -0.132. The number of nitrogens with zero attached hydrogens (tertiary/aromatic N) is 3. The number of fused-ring (bicyclic) bond motifs is 3. The molecule has 0 fully saturated rings. The number of amides is 5. The molecule has 0 radical (unpaired) electrons. The van der Waals surface area contributed by atoms with Gasteiger partial charge in [0.25, 0.3) is 11.8 Å². The molecule has 0 saturated heterocycles. The molecule has 0 spiro atoms. The lowest BCUT2D eigenvalue weighted by atomic mass is 10.0. The average molecular weight is 656 g/mol. The van der Waals surface area contributed by atoms with Crippen LogP contribution in [0.5, 0.6) is 0 Å². The average Bonchev–Trinajstić information content (AvgIpc) is 3.67. The van der Waals surface area contributed by atoms with Gasteiger partial charge in [-0.05, 0) is 30.9 Å². The predicted molar refractivity (Wildman–Crippen MR) is 178 cm³/mol. The maximum absolute atomic E-state index is 14.0. The van der Waals surface area contributed by atoms with E-state index < -0.39 is 41.8 Å². The van der Waals surface area contributed by atoms with Gasteiger partial charge in [0.2, 0.25) is 17.7 Å². The van der Waals surface area contributed by atoms with E-state index >= 15 is 0 Å². The van der Waals surface area contributed by atoms with Crippen molar-refractivity contribution >= 4 is 40.4 Å². The standard InChI is InChI=1S/C35H41N7O6/c1-21(2)16-27-33(45)39-28(17-23-10-6-5-7-11-23)32(44)36-14-15-42(35(47)26-20-41(4)30-13-9-8-12-25(26)30)19-24-18-29(40-48-24)34(46)37-22(3)31(43)38-27/h5-13,18,20-22,27-28H,14-17,19H2,1-4H3,(H,36,44)(H,37,46)(H,38,43)(H,39,45)/t22-,27-,28-/m1/s1. The molecule has 2 aromatic carbocycles. The monoisotopic (exact) mass is 655 g/mol. The Balaban J connectivity index is 1.47. The Kier molecular flexibility index (Phi) is 10.6. The Morgan fingerprint density at radius 3 is 2.40 bits per heavy atom. The number of carbonyl (C=O) groups is 5. The normalized spacial score (nSPS) is 20.0. The Morgan fingerprint density at radius 1 is 0.938 bits per heavy atom. The number of nitrogens with one attached hydrogen (secondary N) is 4. The van der Waals surface area contributed by atoms with Crippen LogP contribution in [0.2, 0.25) is 0 Å². The highest BCUT2D eigenvalue weighted by molar-refractivity contribution is 6.07. The summed E-state index contributed by atoms with van der Waals surface area (Å²) in [6.07, 6.45) is 2.25. The molecule has 0 aliphatic carbocycles. The first-order valence-corrected chi connectivity index (χ1v) is 16.0. The molecule has 3 heterocycles. The summed E-state index contributed by atoms with van der Waals surface area (Å²) in [4.78, 5) is 69.0. The van der Waals surface area contributed by atoms with Crippen LogP contribution in [-0.4, -0.2) is 75.4 Å². The van der Waals surface area contributed by atoms with Gasteiger partial charge in [-0.15, -0.1) is 0 Å². The molecule has 5 amide bonds. The molecule has 252 valence electrons. The molecule has 13 heteroatoms. The van der Waals surface area contributed by atoms with Crippen LogP contribution in [-0.2, 0) is 34.4 Å². The number of benzene rings is 2. The summed E-state index contributed by atoms with van der Waals surface area (Å²) in [5, 5.41) is 15.7. The molecule has 0 unspecified atom stereocenters. The molecule has 3 atom stereocenters. The van der Waals surface area contributed by atoms with E-state index in [9.17, 15) is 24.0 Å². The predicted octanol–water partition coefficient (Wildman–Crippen LogP) is 2.32. The molecular weight excluding hydrogens is 614 g/mol. The zero-order chi connectivity index (χ0) is 34.4. The van der Waals surface area contributed by atoms with Gasteiger partial charge in [0, 0.05) is 49.7 Å². The van der Waals surface area contributed by atoms with Gasteiger partial charge in [-0.2, -0.15) is 0 Å². The third-order valence-corrected chi connectivity index (χ3v) is 8.23. The summed E-state index contributed by atoms with van der Waals surface area (Å²) in [5.41, 5.74) is 2.10. The molecule has 4 N–H and O–H groups in total. The molecule has 1 aliphatic rings. The van der Waals surface area contributed by atoms with Crippen LogP contribution < -0.4 is 21.3 Å². The minimum atomic E-state index is -1.02. The second-order valence-corrected chi connectivity index (χ2v) is 12.5. The number of carbonyl (C=O) groups excluding carboxylic acids is 5. The topological polar surface area (TPSA) is 168 Å². The zero-order valence-corrected chi connectivity index (χ0v) is 27.5. The Hall–Kier alpha value is -5.46. The second kappa shape index (κ2) is 15.0. The number of aryl methyl sites for hydroxylation is 1. The largest absolute Gasteiger partial charge is 0.359 e. The van der Waals surface area contributed by atoms with E-state index in [1.165, 1.54) is 17.9 Å².